The van der Waals surface area contributed by atoms with E-state index in [2.05, 4.69) is 32.9 Å². The fourth-order valence-electron chi connectivity index (χ4n) is 4.89. The van der Waals surface area contributed by atoms with Gasteiger partial charge < -0.3 is 4.90 Å². The lowest BCUT2D eigenvalue weighted by molar-refractivity contribution is 0.0659. The first-order valence-corrected chi connectivity index (χ1v) is 13.7. The number of hydrogen-bond acceptors (Lipinski definition) is 3. The van der Waals surface area contributed by atoms with Crippen molar-refractivity contribution < 1.29 is 4.79 Å². The summed E-state index contributed by atoms with van der Waals surface area (Å²) in [5, 5.41) is 1.04. The summed E-state index contributed by atoms with van der Waals surface area (Å²) < 4.78 is 1.69. The molecule has 6 heteroatoms. The molecule has 1 heterocycles. The molecule has 0 aliphatic rings. The summed E-state index contributed by atoms with van der Waals surface area (Å²) in [6.07, 6.45) is 1.30. The Kier molecular flexibility index (Phi) is 8.37. The Labute approximate surface area is 230 Å². The van der Waals surface area contributed by atoms with Crippen molar-refractivity contribution in [1.29, 1.82) is 0 Å². The Morgan fingerprint density at radius 1 is 1.00 bits per heavy atom. The van der Waals surface area contributed by atoms with Gasteiger partial charge in [0.1, 0.15) is 5.82 Å². The van der Waals surface area contributed by atoms with Crippen LogP contribution in [-0.2, 0) is 18.4 Å². The van der Waals surface area contributed by atoms with Crippen molar-refractivity contribution in [2.75, 3.05) is 6.54 Å². The zero-order chi connectivity index (χ0) is 27.4. The normalized spacial score (nSPS) is 12.5. The average molecular weight is 530 g/mol. The lowest BCUT2D eigenvalue weighted by atomic mass is 9.86. The second-order valence-electron chi connectivity index (χ2n) is 10.7. The van der Waals surface area contributed by atoms with Crippen molar-refractivity contribution in [1.82, 2.24) is 14.5 Å². The molecule has 3 aromatic carbocycles. The molecule has 1 aromatic heterocycles. The molecule has 198 valence electrons. The van der Waals surface area contributed by atoms with Gasteiger partial charge in [-0.05, 0) is 66.6 Å². The molecule has 1 atom stereocenters. The van der Waals surface area contributed by atoms with E-state index >= 15 is 0 Å². The first-order valence-electron chi connectivity index (χ1n) is 13.3. The molecule has 0 N–H and O–H groups in total. The predicted octanol–water partition coefficient (Wildman–Crippen LogP) is 7.20. The van der Waals surface area contributed by atoms with E-state index in [1.54, 1.807) is 22.8 Å². The number of carbonyl (C=O) groups is 1. The van der Waals surface area contributed by atoms with Crippen LogP contribution in [0.25, 0.3) is 10.9 Å². The molecule has 1 unspecified atom stereocenters. The van der Waals surface area contributed by atoms with E-state index in [1.807, 2.05) is 61.2 Å². The quantitative estimate of drug-likeness (QED) is 0.242. The van der Waals surface area contributed by atoms with Crippen LogP contribution in [0.3, 0.4) is 0 Å². The first kappa shape index (κ1) is 27.6. The maximum absolute atomic E-state index is 14.1. The highest BCUT2D eigenvalue weighted by atomic mass is 35.5. The van der Waals surface area contributed by atoms with E-state index in [4.69, 9.17) is 16.6 Å². The summed E-state index contributed by atoms with van der Waals surface area (Å²) in [7, 11) is 0. The minimum atomic E-state index is -0.385. The van der Waals surface area contributed by atoms with Crippen molar-refractivity contribution in [2.24, 2.45) is 0 Å². The second-order valence-corrected chi connectivity index (χ2v) is 11.1. The van der Waals surface area contributed by atoms with Gasteiger partial charge in [0.25, 0.3) is 11.5 Å². The van der Waals surface area contributed by atoms with Gasteiger partial charge >= 0.3 is 0 Å². The molecule has 5 nitrogen and oxygen atoms in total. The predicted molar refractivity (Wildman–Crippen MR) is 156 cm³/mol. The molecule has 0 aliphatic carbocycles. The number of rotatable bonds is 8. The standard InChI is InChI=1S/C32H36ClN3O2/c1-6-28(29-34-27-21-25(33)17-18-26(27)31(38)35(29)7-2)36(20-19-22-11-9-8-10-12-22)30(37)23-13-15-24(16-14-23)32(3,4)5/h8-18,21,28H,6-7,19-20H2,1-5H3. The highest BCUT2D eigenvalue weighted by Crippen LogP contribution is 2.28. The molecule has 0 spiro atoms. The van der Waals surface area contributed by atoms with Crippen LogP contribution in [-0.4, -0.2) is 26.9 Å². The van der Waals surface area contributed by atoms with Gasteiger partial charge in [0.05, 0.1) is 16.9 Å². The largest absolute Gasteiger partial charge is 0.328 e. The number of halogens is 1. The lowest BCUT2D eigenvalue weighted by Crippen LogP contribution is -2.40. The third-order valence-corrected chi connectivity index (χ3v) is 7.30. The number of fused-ring (bicyclic) bond motifs is 1. The van der Waals surface area contributed by atoms with Crippen LogP contribution in [0.4, 0.5) is 0 Å². The topological polar surface area (TPSA) is 55.2 Å². The number of amides is 1. The smallest absolute Gasteiger partial charge is 0.261 e. The molecular formula is C32H36ClN3O2. The first-order chi connectivity index (χ1) is 18.1. The number of nitrogens with zero attached hydrogens (tertiary/aromatic N) is 3. The molecule has 0 bridgehead atoms. The van der Waals surface area contributed by atoms with Gasteiger partial charge in [-0.3, -0.25) is 14.2 Å². The van der Waals surface area contributed by atoms with E-state index in [0.717, 1.165) is 5.56 Å². The highest BCUT2D eigenvalue weighted by Gasteiger charge is 2.29. The van der Waals surface area contributed by atoms with E-state index in [0.29, 0.717) is 53.2 Å². The van der Waals surface area contributed by atoms with Crippen molar-refractivity contribution >= 4 is 28.4 Å². The molecule has 0 saturated carbocycles. The zero-order valence-electron chi connectivity index (χ0n) is 22.9. The van der Waals surface area contributed by atoms with Crippen LogP contribution in [0.5, 0.6) is 0 Å². The molecule has 0 fully saturated rings. The Hall–Kier alpha value is -3.44. The van der Waals surface area contributed by atoms with Gasteiger partial charge in [0.15, 0.2) is 0 Å². The van der Waals surface area contributed by atoms with Crippen molar-refractivity contribution in [3.8, 4) is 0 Å². The second kappa shape index (κ2) is 11.5. The highest BCUT2D eigenvalue weighted by molar-refractivity contribution is 6.31. The minimum Gasteiger partial charge on any atom is -0.328 e. The van der Waals surface area contributed by atoms with Crippen molar-refractivity contribution in [2.45, 2.75) is 65.5 Å². The molecule has 38 heavy (non-hydrogen) atoms. The molecule has 1 amide bonds. The fraction of sp³-hybridized carbons (Fsp3) is 0.344. The van der Waals surface area contributed by atoms with Crippen LogP contribution in [0, 0.1) is 0 Å². The third kappa shape index (κ3) is 5.83. The SMILES string of the molecule is CCC(c1nc2cc(Cl)ccc2c(=O)n1CC)N(CCc1ccccc1)C(=O)c1ccc(C(C)(C)C)cc1. The van der Waals surface area contributed by atoms with Crippen molar-refractivity contribution in [3.63, 3.8) is 0 Å². The van der Waals surface area contributed by atoms with Gasteiger partial charge in [-0.15, -0.1) is 0 Å². The zero-order valence-corrected chi connectivity index (χ0v) is 23.6. The summed E-state index contributed by atoms with van der Waals surface area (Å²) in [6, 6.07) is 22.8. The number of carbonyl (C=O) groups excluding carboxylic acids is 1. The van der Waals surface area contributed by atoms with Gasteiger partial charge in [-0.2, -0.15) is 0 Å². The molecule has 4 rings (SSSR count). The molecular weight excluding hydrogens is 494 g/mol. The lowest BCUT2D eigenvalue weighted by Gasteiger charge is -2.32. The molecule has 0 saturated heterocycles. The van der Waals surface area contributed by atoms with E-state index in [-0.39, 0.29) is 22.9 Å². The third-order valence-electron chi connectivity index (χ3n) is 7.07. The Bertz CT molecular complexity index is 1470. The number of aromatic nitrogens is 2. The maximum atomic E-state index is 14.1. The summed E-state index contributed by atoms with van der Waals surface area (Å²) in [5.74, 6) is 0.513. The van der Waals surface area contributed by atoms with Crippen LogP contribution in [0.15, 0.2) is 77.6 Å². The van der Waals surface area contributed by atoms with Gasteiger partial charge in [0, 0.05) is 23.7 Å². The summed E-state index contributed by atoms with van der Waals surface area (Å²) in [5.41, 5.74) is 3.37. The monoisotopic (exact) mass is 529 g/mol. The fourth-order valence-corrected chi connectivity index (χ4v) is 5.05. The van der Waals surface area contributed by atoms with Crippen molar-refractivity contribution in [3.05, 3.63) is 111 Å². The summed E-state index contributed by atoms with van der Waals surface area (Å²) in [4.78, 5) is 34.4. The number of benzene rings is 3. The average Bonchev–Trinajstić information content (AvgIpc) is 2.90. The summed E-state index contributed by atoms with van der Waals surface area (Å²) in [6.45, 7) is 11.4. The van der Waals surface area contributed by atoms with Crippen LogP contribution in [0.1, 0.15) is 74.4 Å². The van der Waals surface area contributed by atoms with Gasteiger partial charge in [-0.25, -0.2) is 4.98 Å². The maximum Gasteiger partial charge on any atom is 0.261 e. The Morgan fingerprint density at radius 2 is 1.68 bits per heavy atom. The van der Waals surface area contributed by atoms with Crippen LogP contribution < -0.4 is 5.56 Å². The number of hydrogen-bond donors (Lipinski definition) is 0. The van der Waals surface area contributed by atoms with E-state index in [1.165, 1.54) is 5.56 Å². The Balaban J connectivity index is 1.81. The molecule has 0 radical (unpaired) electrons. The summed E-state index contributed by atoms with van der Waals surface area (Å²) >= 11 is 6.25. The molecule has 4 aromatic rings. The Morgan fingerprint density at radius 3 is 2.29 bits per heavy atom. The van der Waals surface area contributed by atoms with Gasteiger partial charge in [-0.1, -0.05) is 81.8 Å². The van der Waals surface area contributed by atoms with Gasteiger partial charge in [0.2, 0.25) is 0 Å². The van der Waals surface area contributed by atoms with Crippen LogP contribution in [0.2, 0.25) is 5.02 Å². The van der Waals surface area contributed by atoms with Crippen LogP contribution >= 0.6 is 11.6 Å². The van der Waals surface area contributed by atoms with E-state index in [9.17, 15) is 9.59 Å². The molecule has 0 aliphatic heterocycles. The van der Waals surface area contributed by atoms with E-state index < -0.39 is 0 Å². The minimum absolute atomic E-state index is 0.00594.